The van der Waals surface area contributed by atoms with Crippen LogP contribution in [0.25, 0.3) is 11.0 Å². The normalized spacial score (nSPS) is 10.9. The number of hydrogen-bond donors (Lipinski definition) is 3. The summed E-state index contributed by atoms with van der Waals surface area (Å²) in [4.78, 5) is 23.4. The minimum Gasteiger partial charge on any atom is -0.508 e. The van der Waals surface area contributed by atoms with Crippen molar-refractivity contribution in [3.8, 4) is 11.5 Å². The molecule has 2 rings (SSSR count). The van der Waals surface area contributed by atoms with Crippen LogP contribution >= 0.6 is 0 Å². The van der Waals surface area contributed by atoms with Crippen molar-refractivity contribution in [3.05, 3.63) is 34.2 Å². The Morgan fingerprint density at radius 2 is 1.95 bits per heavy atom. The van der Waals surface area contributed by atoms with Gasteiger partial charge in [-0.3, -0.25) is 4.79 Å². The number of fused-ring (bicyclic) bond motifs is 1. The van der Waals surface area contributed by atoms with Crippen molar-refractivity contribution in [1.29, 1.82) is 0 Å². The predicted molar refractivity (Wildman–Crippen MR) is 68.4 cm³/mol. The lowest BCUT2D eigenvalue weighted by Crippen LogP contribution is -2.30. The van der Waals surface area contributed by atoms with E-state index in [0.29, 0.717) is 0 Å². The number of aromatic hydroxyl groups is 2. The summed E-state index contributed by atoms with van der Waals surface area (Å²) < 4.78 is 4.86. The maximum atomic E-state index is 12.0. The molecule has 0 aliphatic heterocycles. The lowest BCUT2D eigenvalue weighted by Gasteiger charge is -2.10. The maximum absolute atomic E-state index is 12.0. The van der Waals surface area contributed by atoms with Gasteiger partial charge < -0.3 is 19.9 Å². The third kappa shape index (κ3) is 2.52. The van der Waals surface area contributed by atoms with E-state index in [0.717, 1.165) is 12.1 Å². The molecule has 0 radical (unpaired) electrons. The third-order valence-electron chi connectivity index (χ3n) is 2.47. The molecule has 6 heteroatoms. The highest BCUT2D eigenvalue weighted by molar-refractivity contribution is 6.07. The Balaban J connectivity index is 2.73. The number of phenols is 2. The highest BCUT2D eigenvalue weighted by Gasteiger charge is 2.17. The molecule has 19 heavy (non-hydrogen) atoms. The van der Waals surface area contributed by atoms with Crippen LogP contribution < -0.4 is 10.9 Å². The van der Waals surface area contributed by atoms with Gasteiger partial charge in [0.25, 0.3) is 5.91 Å². The summed E-state index contributed by atoms with van der Waals surface area (Å²) >= 11 is 0. The molecule has 2 aromatic rings. The van der Waals surface area contributed by atoms with Crippen molar-refractivity contribution >= 4 is 16.9 Å². The Kier molecular flexibility index (Phi) is 3.16. The van der Waals surface area contributed by atoms with Crippen molar-refractivity contribution in [1.82, 2.24) is 5.32 Å². The van der Waals surface area contributed by atoms with E-state index in [1.54, 1.807) is 13.8 Å². The predicted octanol–water partition coefficient (Wildman–Crippen LogP) is 1.34. The molecule has 1 aromatic carbocycles. The smallest absolute Gasteiger partial charge is 0.337 e. The molecule has 1 amide bonds. The molecule has 0 aliphatic rings. The molecule has 3 N–H and O–H groups in total. The fourth-order valence-corrected chi connectivity index (χ4v) is 1.78. The Bertz CT molecular complexity index is 702. The maximum Gasteiger partial charge on any atom is 0.337 e. The van der Waals surface area contributed by atoms with Gasteiger partial charge >= 0.3 is 5.63 Å². The van der Waals surface area contributed by atoms with E-state index < -0.39 is 11.5 Å². The first-order chi connectivity index (χ1) is 8.88. The fraction of sp³-hybridized carbons (Fsp3) is 0.231. The van der Waals surface area contributed by atoms with Gasteiger partial charge in [0, 0.05) is 24.2 Å². The molecule has 0 fully saturated rings. The van der Waals surface area contributed by atoms with Gasteiger partial charge in [-0.1, -0.05) is 0 Å². The van der Waals surface area contributed by atoms with Crippen LogP contribution in [0.1, 0.15) is 24.2 Å². The van der Waals surface area contributed by atoms with Gasteiger partial charge in [0.1, 0.15) is 17.1 Å². The van der Waals surface area contributed by atoms with E-state index in [2.05, 4.69) is 5.32 Å². The highest BCUT2D eigenvalue weighted by atomic mass is 16.4. The Morgan fingerprint density at radius 1 is 1.26 bits per heavy atom. The lowest BCUT2D eigenvalue weighted by molar-refractivity contribution is 0.0944. The van der Waals surface area contributed by atoms with Crippen LogP contribution in [0.4, 0.5) is 0 Å². The standard InChI is InChI=1S/C13H13NO5/c1-6(2)14-13(18)8-5-11(17)19-10-4-7(15)3-9(16)12(8)10/h3-6,15-16H,1-2H3,(H,14,18). The fourth-order valence-electron chi connectivity index (χ4n) is 1.78. The Morgan fingerprint density at radius 3 is 2.58 bits per heavy atom. The number of rotatable bonds is 2. The van der Waals surface area contributed by atoms with Gasteiger partial charge in [0.15, 0.2) is 0 Å². The monoisotopic (exact) mass is 263 g/mol. The Hall–Kier alpha value is -2.50. The summed E-state index contributed by atoms with van der Waals surface area (Å²) in [6.45, 7) is 3.55. The lowest BCUT2D eigenvalue weighted by atomic mass is 10.1. The molecule has 1 heterocycles. The van der Waals surface area contributed by atoms with E-state index in [-0.39, 0.29) is 34.1 Å². The topological polar surface area (TPSA) is 99.8 Å². The zero-order chi connectivity index (χ0) is 14.2. The van der Waals surface area contributed by atoms with Crippen LogP contribution in [0.3, 0.4) is 0 Å². The van der Waals surface area contributed by atoms with Crippen LogP contribution in [-0.4, -0.2) is 22.2 Å². The van der Waals surface area contributed by atoms with Gasteiger partial charge in [-0.05, 0) is 13.8 Å². The van der Waals surface area contributed by atoms with Crippen LogP contribution in [-0.2, 0) is 0 Å². The zero-order valence-corrected chi connectivity index (χ0v) is 10.4. The average molecular weight is 263 g/mol. The summed E-state index contributed by atoms with van der Waals surface area (Å²) in [6.07, 6.45) is 0. The van der Waals surface area contributed by atoms with Crippen molar-refractivity contribution in [2.24, 2.45) is 0 Å². The molecular weight excluding hydrogens is 250 g/mol. The van der Waals surface area contributed by atoms with Crippen LogP contribution in [0.5, 0.6) is 11.5 Å². The summed E-state index contributed by atoms with van der Waals surface area (Å²) in [7, 11) is 0. The van der Waals surface area contributed by atoms with E-state index in [4.69, 9.17) is 4.42 Å². The summed E-state index contributed by atoms with van der Waals surface area (Å²) in [5, 5.41) is 21.9. The number of hydrogen-bond acceptors (Lipinski definition) is 5. The van der Waals surface area contributed by atoms with Crippen molar-refractivity contribution in [2.75, 3.05) is 0 Å². The van der Waals surface area contributed by atoms with Crippen molar-refractivity contribution in [2.45, 2.75) is 19.9 Å². The number of carbonyl (C=O) groups excluding carboxylic acids is 1. The van der Waals surface area contributed by atoms with Gasteiger partial charge in [0.05, 0.1) is 10.9 Å². The molecule has 0 unspecified atom stereocenters. The second-order valence-corrected chi connectivity index (χ2v) is 4.45. The number of amides is 1. The molecular formula is C13H13NO5. The summed E-state index contributed by atoms with van der Waals surface area (Å²) in [6, 6.07) is 3.14. The molecule has 0 saturated carbocycles. The number of carbonyl (C=O) groups is 1. The minimum absolute atomic E-state index is 0.0115. The first kappa shape index (κ1) is 12.9. The van der Waals surface area contributed by atoms with Crippen molar-refractivity contribution < 1.29 is 19.4 Å². The van der Waals surface area contributed by atoms with Crippen molar-refractivity contribution in [3.63, 3.8) is 0 Å². The molecule has 0 bridgehead atoms. The van der Waals surface area contributed by atoms with Gasteiger partial charge in [0.2, 0.25) is 0 Å². The molecule has 0 atom stereocenters. The third-order valence-corrected chi connectivity index (χ3v) is 2.47. The highest BCUT2D eigenvalue weighted by Crippen LogP contribution is 2.31. The van der Waals surface area contributed by atoms with E-state index in [9.17, 15) is 19.8 Å². The van der Waals surface area contributed by atoms with E-state index in [1.807, 2.05) is 0 Å². The SMILES string of the molecule is CC(C)NC(=O)c1cc(=O)oc2cc(O)cc(O)c12. The van der Waals surface area contributed by atoms with Gasteiger partial charge in [-0.2, -0.15) is 0 Å². The second-order valence-electron chi connectivity index (χ2n) is 4.45. The Labute approximate surface area is 108 Å². The second kappa shape index (κ2) is 4.64. The van der Waals surface area contributed by atoms with E-state index in [1.165, 1.54) is 6.07 Å². The largest absolute Gasteiger partial charge is 0.508 e. The zero-order valence-electron chi connectivity index (χ0n) is 10.4. The minimum atomic E-state index is -0.730. The molecule has 0 spiro atoms. The first-order valence-electron chi connectivity index (χ1n) is 5.69. The molecule has 0 aliphatic carbocycles. The van der Waals surface area contributed by atoms with Crippen LogP contribution in [0.2, 0.25) is 0 Å². The first-order valence-corrected chi connectivity index (χ1v) is 5.69. The number of phenolic OH excluding ortho intramolecular Hbond substituents is 2. The summed E-state index contributed by atoms with van der Waals surface area (Å²) in [5.41, 5.74) is -0.761. The quantitative estimate of drug-likeness (QED) is 0.710. The molecule has 100 valence electrons. The van der Waals surface area contributed by atoms with Crippen LogP contribution in [0.15, 0.2) is 27.4 Å². The number of nitrogens with one attached hydrogen (secondary N) is 1. The van der Waals surface area contributed by atoms with Gasteiger partial charge in [-0.25, -0.2) is 4.79 Å². The van der Waals surface area contributed by atoms with Crippen LogP contribution in [0, 0.1) is 0 Å². The van der Waals surface area contributed by atoms with E-state index >= 15 is 0 Å². The number of benzene rings is 1. The molecule has 1 aromatic heterocycles. The molecule has 0 saturated heterocycles. The average Bonchev–Trinajstić information content (AvgIpc) is 2.25. The molecule has 6 nitrogen and oxygen atoms in total. The van der Waals surface area contributed by atoms with Gasteiger partial charge in [-0.15, -0.1) is 0 Å². The summed E-state index contributed by atoms with van der Waals surface area (Å²) in [5.74, 6) is -1.07.